The Kier molecular flexibility index (Phi) is 8.11. The van der Waals surface area contributed by atoms with Crippen LogP contribution in [0.2, 0.25) is 0 Å². The van der Waals surface area contributed by atoms with E-state index in [1.807, 2.05) is 24.4 Å². The molecule has 2 fully saturated rings. The molecule has 7 heterocycles. The number of rotatable bonds is 7. The summed E-state index contributed by atoms with van der Waals surface area (Å²) in [7, 11) is 1.68. The van der Waals surface area contributed by atoms with Crippen molar-refractivity contribution in [3.05, 3.63) is 81.8 Å². The molecular formula is C36H39IN8O4. The van der Waals surface area contributed by atoms with Gasteiger partial charge in [0.25, 0.3) is 11.5 Å². The highest BCUT2D eigenvalue weighted by molar-refractivity contribution is 14.1. The van der Waals surface area contributed by atoms with Crippen LogP contribution in [0.1, 0.15) is 46.0 Å². The number of piperazine rings is 1. The fourth-order valence-corrected chi connectivity index (χ4v) is 8.80. The third kappa shape index (κ3) is 5.74. The third-order valence-electron chi connectivity index (χ3n) is 10.3. The van der Waals surface area contributed by atoms with Crippen molar-refractivity contribution >= 4 is 57.8 Å². The minimum absolute atomic E-state index is 0.160. The van der Waals surface area contributed by atoms with Gasteiger partial charge in [0.15, 0.2) is 6.29 Å². The number of alkyl halides is 1. The van der Waals surface area contributed by atoms with Gasteiger partial charge in [0.2, 0.25) is 0 Å². The highest BCUT2D eigenvalue weighted by Gasteiger charge is 2.38. The largest absolute Gasteiger partial charge is 0.378 e. The first-order chi connectivity index (χ1) is 23.6. The lowest BCUT2D eigenvalue weighted by molar-refractivity contribution is -0.0666. The van der Waals surface area contributed by atoms with E-state index in [-0.39, 0.29) is 16.9 Å². The number of hydrogen-bond acceptors (Lipinski definition) is 9. The SMILES string of the molecule is Cn1cc(-c2ccnc(N3CCn4c(cc5c4CC(C)(C)C5)C3=O)c2C=O)cc(Nc2ccc(N3CCN(C4COC4)C[C@@H]3I)cn2)c1=O. The number of aryl methyl sites for hydroxylation is 1. The van der Waals surface area contributed by atoms with Gasteiger partial charge in [0.05, 0.1) is 40.8 Å². The van der Waals surface area contributed by atoms with Crippen LogP contribution in [0.3, 0.4) is 0 Å². The summed E-state index contributed by atoms with van der Waals surface area (Å²) < 4.78 is 9.32. The molecule has 1 N–H and O–H groups in total. The molecule has 12 nitrogen and oxygen atoms in total. The van der Waals surface area contributed by atoms with Gasteiger partial charge in [0.1, 0.15) is 23.0 Å². The molecule has 0 bridgehead atoms. The summed E-state index contributed by atoms with van der Waals surface area (Å²) in [5.74, 6) is 0.699. The van der Waals surface area contributed by atoms with Crippen LogP contribution in [0, 0.1) is 5.41 Å². The number of nitrogens with one attached hydrogen (secondary N) is 1. The van der Waals surface area contributed by atoms with Crippen LogP contribution in [-0.2, 0) is 31.2 Å². The van der Waals surface area contributed by atoms with E-state index >= 15 is 0 Å². The molecule has 3 aliphatic heterocycles. The van der Waals surface area contributed by atoms with Crippen LogP contribution in [0.5, 0.6) is 0 Å². The second-order valence-corrected chi connectivity index (χ2v) is 15.7. The van der Waals surface area contributed by atoms with E-state index < -0.39 is 0 Å². The molecular weight excluding hydrogens is 735 g/mol. The molecule has 13 heteroatoms. The van der Waals surface area contributed by atoms with Crippen LogP contribution in [-0.4, -0.2) is 85.7 Å². The predicted octanol–water partition coefficient (Wildman–Crippen LogP) is 4.27. The average molecular weight is 775 g/mol. The van der Waals surface area contributed by atoms with Crippen molar-refractivity contribution in [3.63, 3.8) is 0 Å². The van der Waals surface area contributed by atoms with Gasteiger partial charge in [-0.25, -0.2) is 9.97 Å². The summed E-state index contributed by atoms with van der Waals surface area (Å²) >= 11 is 2.49. The molecule has 0 unspecified atom stereocenters. The summed E-state index contributed by atoms with van der Waals surface area (Å²) in [6.45, 7) is 10.1. The first-order valence-electron chi connectivity index (χ1n) is 16.7. The monoisotopic (exact) mass is 774 g/mol. The second-order valence-electron chi connectivity index (χ2n) is 14.2. The van der Waals surface area contributed by atoms with E-state index in [4.69, 9.17) is 4.74 Å². The number of hydrogen-bond donors (Lipinski definition) is 1. The van der Waals surface area contributed by atoms with Crippen LogP contribution in [0.15, 0.2) is 53.7 Å². The van der Waals surface area contributed by atoms with Crippen molar-refractivity contribution in [1.82, 2.24) is 24.0 Å². The lowest BCUT2D eigenvalue weighted by Gasteiger charge is -2.45. The Morgan fingerprint density at radius 2 is 1.88 bits per heavy atom. The fourth-order valence-electron chi connectivity index (χ4n) is 7.69. The summed E-state index contributed by atoms with van der Waals surface area (Å²) in [6.07, 6.45) is 7.78. The molecule has 1 aliphatic carbocycles. The van der Waals surface area contributed by atoms with Crippen molar-refractivity contribution in [3.8, 4) is 11.1 Å². The lowest BCUT2D eigenvalue weighted by Crippen LogP contribution is -2.58. The smallest absolute Gasteiger partial charge is 0.276 e. The van der Waals surface area contributed by atoms with Gasteiger partial charge in [-0.3, -0.25) is 24.2 Å². The van der Waals surface area contributed by atoms with Crippen molar-refractivity contribution < 1.29 is 14.3 Å². The number of ether oxygens (including phenoxy) is 1. The molecule has 49 heavy (non-hydrogen) atoms. The molecule has 8 rings (SSSR count). The highest BCUT2D eigenvalue weighted by atomic mass is 127. The number of halogens is 1. The van der Waals surface area contributed by atoms with E-state index in [1.54, 1.807) is 36.5 Å². The number of anilines is 4. The number of nitrogens with zero attached hydrogens (tertiary/aromatic N) is 7. The zero-order valence-electron chi connectivity index (χ0n) is 27.9. The topological polar surface area (TPSA) is 118 Å². The Morgan fingerprint density at radius 1 is 1.04 bits per heavy atom. The van der Waals surface area contributed by atoms with E-state index in [0.717, 1.165) is 57.7 Å². The Bertz CT molecular complexity index is 2020. The maximum atomic E-state index is 13.8. The van der Waals surface area contributed by atoms with Crippen molar-refractivity contribution in [2.24, 2.45) is 12.5 Å². The molecule has 1 atom stereocenters. The Labute approximate surface area is 298 Å². The fraction of sp³-hybridized carbons (Fsp3) is 0.417. The van der Waals surface area contributed by atoms with Crippen molar-refractivity contribution in [2.45, 2.75) is 43.3 Å². The van der Waals surface area contributed by atoms with Gasteiger partial charge in [-0.05, 0) is 59.7 Å². The molecule has 2 saturated heterocycles. The summed E-state index contributed by atoms with van der Waals surface area (Å²) in [4.78, 5) is 55.4. The summed E-state index contributed by atoms with van der Waals surface area (Å²) in [5.41, 5.74) is 5.95. The van der Waals surface area contributed by atoms with Crippen LogP contribution in [0.4, 0.5) is 23.0 Å². The molecule has 0 spiro atoms. The number of carbonyl (C=O) groups excluding carboxylic acids is 2. The van der Waals surface area contributed by atoms with Gasteiger partial charge >= 0.3 is 0 Å². The first kappa shape index (κ1) is 32.1. The average Bonchev–Trinajstić information content (AvgIpc) is 3.55. The van der Waals surface area contributed by atoms with E-state index in [0.29, 0.717) is 62.9 Å². The molecule has 1 amide bonds. The molecule has 4 aliphatic rings. The third-order valence-corrected chi connectivity index (χ3v) is 11.4. The first-order valence-corrected chi connectivity index (χ1v) is 18.0. The molecule has 254 valence electrons. The molecule has 0 saturated carbocycles. The quantitative estimate of drug-likeness (QED) is 0.127. The maximum Gasteiger partial charge on any atom is 0.276 e. The second kappa shape index (κ2) is 12.4. The van der Waals surface area contributed by atoms with E-state index in [1.165, 1.54) is 15.8 Å². The van der Waals surface area contributed by atoms with Crippen LogP contribution in [0.25, 0.3) is 11.1 Å². The van der Waals surface area contributed by atoms with Gasteiger partial charge in [-0.1, -0.05) is 36.4 Å². The van der Waals surface area contributed by atoms with E-state index in [2.05, 4.69) is 66.1 Å². The van der Waals surface area contributed by atoms with Crippen LogP contribution < -0.4 is 20.7 Å². The standard InChI is InChI=1S/C36H39IN8O4/c1-36(2)14-22-13-29-35(48)45(11-10-44(29)30(22)15-36)33-27(19-46)26(6-7-38-33)23-12-28(34(47)41(3)17-23)40-32-5-4-24(16-39-32)43-9-8-42(18-31(43)37)25-20-49-21-25/h4-7,12-13,16-17,19,25,31H,8-11,14-15,18,20-21H2,1-3H3,(H,39,40)/t31-/m1/s1. The summed E-state index contributed by atoms with van der Waals surface area (Å²) in [6, 6.07) is 9.92. The van der Waals surface area contributed by atoms with Crippen molar-refractivity contribution in [2.75, 3.05) is 54.5 Å². The van der Waals surface area contributed by atoms with Gasteiger partial charge in [0, 0.05) is 63.4 Å². The minimum Gasteiger partial charge on any atom is -0.378 e. The number of aromatic nitrogens is 4. The normalized spacial score (nSPS) is 20.6. The van der Waals surface area contributed by atoms with Gasteiger partial charge in [-0.15, -0.1) is 0 Å². The Balaban J connectivity index is 1.04. The van der Waals surface area contributed by atoms with Crippen LogP contribution >= 0.6 is 22.6 Å². The maximum absolute atomic E-state index is 13.8. The molecule has 4 aromatic rings. The van der Waals surface area contributed by atoms with E-state index in [9.17, 15) is 14.4 Å². The molecule has 0 radical (unpaired) electrons. The number of fused-ring (bicyclic) bond motifs is 3. The predicted molar refractivity (Wildman–Crippen MR) is 196 cm³/mol. The van der Waals surface area contributed by atoms with Gasteiger partial charge in [-0.2, -0.15) is 0 Å². The Morgan fingerprint density at radius 3 is 2.59 bits per heavy atom. The zero-order chi connectivity index (χ0) is 34.0. The Hall–Kier alpha value is -4.08. The molecule has 4 aromatic heterocycles. The number of amides is 1. The minimum atomic E-state index is -0.233. The molecule has 0 aromatic carbocycles. The zero-order valence-corrected chi connectivity index (χ0v) is 30.0. The number of pyridine rings is 3. The summed E-state index contributed by atoms with van der Waals surface area (Å²) in [5, 5.41) is 3.20. The lowest BCUT2D eigenvalue weighted by atomic mass is 9.90. The van der Waals surface area contributed by atoms with Crippen molar-refractivity contribution in [1.29, 1.82) is 0 Å². The van der Waals surface area contributed by atoms with Gasteiger partial charge < -0.3 is 24.1 Å². The highest BCUT2D eigenvalue weighted by Crippen LogP contribution is 2.40. The number of carbonyl (C=O) groups is 2. The number of aldehydes is 1.